The first-order valence-electron chi connectivity index (χ1n) is 3.10. The predicted octanol–water partition coefficient (Wildman–Crippen LogP) is 0.338. The van der Waals surface area contributed by atoms with E-state index in [1.807, 2.05) is 0 Å². The average molecular weight is 164 g/mol. The van der Waals surface area contributed by atoms with Gasteiger partial charge >= 0.3 is 5.95 Å². The summed E-state index contributed by atoms with van der Waals surface area (Å²) >= 11 is 0. The van der Waals surface area contributed by atoms with Gasteiger partial charge in [-0.05, 0) is 5.21 Å². The van der Waals surface area contributed by atoms with Crippen LogP contribution in [0, 0.1) is 0 Å². The third kappa shape index (κ3) is 1.31. The Morgan fingerprint density at radius 2 is 2.33 bits per heavy atom. The maximum atomic E-state index is 3.81. The number of nitrogens with zero attached hydrogens (tertiary/aromatic N) is 6. The molecule has 0 aliphatic heterocycles. The molecule has 0 aliphatic carbocycles. The van der Waals surface area contributed by atoms with Crippen molar-refractivity contribution in [3.8, 4) is 0 Å². The molecule has 0 saturated heterocycles. The van der Waals surface area contributed by atoms with Gasteiger partial charge in [0, 0.05) is 12.4 Å². The predicted molar refractivity (Wildman–Crippen MR) is 36.9 cm³/mol. The standard InChI is InChI=1S/C4H4N8/c1-2-6-3(5-1)7-8-4-9-11-12-10-4/h1-2H,(H,5,6)(H,9,10,11,12)/b8-7+. The van der Waals surface area contributed by atoms with Crippen LogP contribution in [0.1, 0.15) is 0 Å². The Morgan fingerprint density at radius 1 is 1.33 bits per heavy atom. The van der Waals surface area contributed by atoms with Gasteiger partial charge in [-0.2, -0.15) is 5.21 Å². The van der Waals surface area contributed by atoms with E-state index >= 15 is 0 Å². The first-order chi connectivity index (χ1) is 5.95. The molecule has 8 nitrogen and oxygen atoms in total. The lowest BCUT2D eigenvalue weighted by molar-refractivity contribution is 0.881. The molecule has 0 spiro atoms. The minimum Gasteiger partial charge on any atom is -0.328 e. The minimum absolute atomic E-state index is 0.173. The van der Waals surface area contributed by atoms with Crippen LogP contribution in [-0.4, -0.2) is 30.6 Å². The molecule has 2 aromatic rings. The number of rotatable bonds is 2. The van der Waals surface area contributed by atoms with Crippen molar-refractivity contribution in [2.45, 2.75) is 0 Å². The second-order valence-electron chi connectivity index (χ2n) is 1.82. The van der Waals surface area contributed by atoms with Crippen LogP contribution >= 0.6 is 0 Å². The van der Waals surface area contributed by atoms with Crippen LogP contribution in [0.2, 0.25) is 0 Å². The number of aromatic nitrogens is 6. The second-order valence-corrected chi connectivity index (χ2v) is 1.82. The van der Waals surface area contributed by atoms with Gasteiger partial charge in [0.15, 0.2) is 0 Å². The Labute approximate surface area is 66.1 Å². The summed E-state index contributed by atoms with van der Waals surface area (Å²) in [4.78, 5) is 6.56. The third-order valence-corrected chi connectivity index (χ3v) is 1.05. The maximum Gasteiger partial charge on any atom is 0.307 e. The summed E-state index contributed by atoms with van der Waals surface area (Å²) in [6, 6.07) is 0. The number of hydrogen-bond donors (Lipinski definition) is 2. The second kappa shape index (κ2) is 2.86. The summed E-state index contributed by atoms with van der Waals surface area (Å²) in [5.74, 6) is 0.575. The fraction of sp³-hybridized carbons (Fsp3) is 0. The number of nitrogens with one attached hydrogen (secondary N) is 2. The number of tetrazole rings is 1. The molecule has 60 valence electrons. The summed E-state index contributed by atoms with van der Waals surface area (Å²) in [5.41, 5.74) is 0. The highest BCUT2D eigenvalue weighted by atomic mass is 15.5. The lowest BCUT2D eigenvalue weighted by Gasteiger charge is -1.78. The molecule has 0 aromatic carbocycles. The van der Waals surface area contributed by atoms with Crippen molar-refractivity contribution in [1.29, 1.82) is 0 Å². The smallest absolute Gasteiger partial charge is 0.307 e. The van der Waals surface area contributed by atoms with Gasteiger partial charge in [0.2, 0.25) is 5.95 Å². The van der Waals surface area contributed by atoms with Crippen LogP contribution in [0.3, 0.4) is 0 Å². The lowest BCUT2D eigenvalue weighted by Crippen LogP contribution is -1.67. The molecule has 0 fully saturated rings. The van der Waals surface area contributed by atoms with Crippen LogP contribution in [0.15, 0.2) is 22.6 Å². The molecule has 2 heterocycles. The Morgan fingerprint density at radius 3 is 3.00 bits per heavy atom. The Hall–Kier alpha value is -2.12. The van der Waals surface area contributed by atoms with Gasteiger partial charge in [-0.15, -0.1) is 15.3 Å². The first kappa shape index (κ1) is 6.58. The molecule has 0 bridgehead atoms. The Balaban J connectivity index is 2.14. The van der Waals surface area contributed by atoms with Gasteiger partial charge in [0.25, 0.3) is 0 Å². The lowest BCUT2D eigenvalue weighted by atomic mass is 11.0. The van der Waals surface area contributed by atoms with Crippen molar-refractivity contribution in [3.63, 3.8) is 0 Å². The van der Waals surface area contributed by atoms with Crippen molar-refractivity contribution < 1.29 is 0 Å². The number of hydrogen-bond acceptors (Lipinski definition) is 6. The summed E-state index contributed by atoms with van der Waals surface area (Å²) in [6.45, 7) is 0. The molecule has 0 unspecified atom stereocenters. The molecule has 0 amide bonds. The molecule has 0 aliphatic rings. The molecule has 2 aromatic heterocycles. The SMILES string of the molecule is c1c[nH]c(/N=N/c2nn[nH]n2)n1. The summed E-state index contributed by atoms with van der Waals surface area (Å²) in [5, 5.41) is 20.0. The minimum atomic E-state index is 0.173. The Bertz CT molecular complexity index is 308. The van der Waals surface area contributed by atoms with Crippen molar-refractivity contribution in [3.05, 3.63) is 12.4 Å². The zero-order valence-electron chi connectivity index (χ0n) is 5.84. The normalized spacial score (nSPS) is 11.0. The highest BCUT2D eigenvalue weighted by Crippen LogP contribution is 2.06. The topological polar surface area (TPSA) is 108 Å². The quantitative estimate of drug-likeness (QED) is 0.623. The molecule has 2 rings (SSSR count). The van der Waals surface area contributed by atoms with Gasteiger partial charge in [0.05, 0.1) is 0 Å². The van der Waals surface area contributed by atoms with E-state index in [1.54, 1.807) is 12.4 Å². The zero-order valence-corrected chi connectivity index (χ0v) is 5.84. The van der Waals surface area contributed by atoms with Crippen LogP contribution < -0.4 is 0 Å². The highest BCUT2D eigenvalue weighted by molar-refractivity contribution is 5.14. The number of imidazole rings is 1. The number of aromatic amines is 2. The molecular formula is C4H4N8. The van der Waals surface area contributed by atoms with E-state index in [-0.39, 0.29) is 5.95 Å². The van der Waals surface area contributed by atoms with Crippen molar-refractivity contribution in [1.82, 2.24) is 30.6 Å². The molecule has 8 heteroatoms. The van der Waals surface area contributed by atoms with E-state index in [9.17, 15) is 0 Å². The van der Waals surface area contributed by atoms with Gasteiger partial charge in [-0.1, -0.05) is 5.10 Å². The summed E-state index contributed by atoms with van der Waals surface area (Å²) < 4.78 is 0. The monoisotopic (exact) mass is 164 g/mol. The fourth-order valence-electron chi connectivity index (χ4n) is 0.603. The molecule has 0 radical (unpaired) electrons. The summed E-state index contributed by atoms with van der Waals surface area (Å²) in [7, 11) is 0. The van der Waals surface area contributed by atoms with Crippen LogP contribution in [-0.2, 0) is 0 Å². The third-order valence-electron chi connectivity index (χ3n) is 1.05. The molecule has 2 N–H and O–H groups in total. The van der Waals surface area contributed by atoms with Gasteiger partial charge in [0.1, 0.15) is 0 Å². The van der Waals surface area contributed by atoms with Gasteiger partial charge in [-0.25, -0.2) is 4.98 Å². The van der Waals surface area contributed by atoms with Crippen LogP contribution in [0.25, 0.3) is 0 Å². The Kier molecular flexibility index (Phi) is 1.57. The molecule has 0 saturated carbocycles. The van der Waals surface area contributed by atoms with Crippen LogP contribution in [0.5, 0.6) is 0 Å². The maximum absolute atomic E-state index is 3.81. The fourth-order valence-corrected chi connectivity index (χ4v) is 0.603. The van der Waals surface area contributed by atoms with Gasteiger partial charge in [-0.3, -0.25) is 0 Å². The number of H-pyrrole nitrogens is 2. The average Bonchev–Trinajstić information content (AvgIpc) is 2.74. The number of azo groups is 1. The molecule has 0 atom stereocenters. The van der Waals surface area contributed by atoms with E-state index < -0.39 is 0 Å². The van der Waals surface area contributed by atoms with E-state index in [4.69, 9.17) is 0 Å². The van der Waals surface area contributed by atoms with Crippen LogP contribution in [0.4, 0.5) is 11.9 Å². The summed E-state index contributed by atoms with van der Waals surface area (Å²) in [6.07, 6.45) is 3.22. The molecule has 12 heavy (non-hydrogen) atoms. The van der Waals surface area contributed by atoms with E-state index in [1.165, 1.54) is 0 Å². The van der Waals surface area contributed by atoms with E-state index in [0.717, 1.165) is 0 Å². The largest absolute Gasteiger partial charge is 0.328 e. The highest BCUT2D eigenvalue weighted by Gasteiger charge is 1.93. The van der Waals surface area contributed by atoms with Crippen molar-refractivity contribution in [2.24, 2.45) is 10.2 Å². The first-order valence-corrected chi connectivity index (χ1v) is 3.10. The van der Waals surface area contributed by atoms with Crippen molar-refractivity contribution in [2.75, 3.05) is 0 Å². The molecular weight excluding hydrogens is 160 g/mol. The van der Waals surface area contributed by atoms with Crippen molar-refractivity contribution >= 4 is 11.9 Å². The van der Waals surface area contributed by atoms with E-state index in [2.05, 4.69) is 40.8 Å². The van der Waals surface area contributed by atoms with Gasteiger partial charge < -0.3 is 4.98 Å². The van der Waals surface area contributed by atoms with E-state index in [0.29, 0.717) is 5.95 Å². The zero-order chi connectivity index (χ0) is 8.23.